The van der Waals surface area contributed by atoms with E-state index in [0.29, 0.717) is 5.69 Å². The molecule has 0 bridgehead atoms. The summed E-state index contributed by atoms with van der Waals surface area (Å²) < 4.78 is 1.69. The van der Waals surface area contributed by atoms with Crippen LogP contribution in [0.15, 0.2) is 6.07 Å². The van der Waals surface area contributed by atoms with Gasteiger partial charge in [0.05, 0.1) is 5.69 Å². The van der Waals surface area contributed by atoms with Gasteiger partial charge in [0.15, 0.2) is 5.78 Å². The highest BCUT2D eigenvalue weighted by molar-refractivity contribution is 5.92. The molecule has 0 unspecified atom stereocenters. The van der Waals surface area contributed by atoms with Crippen LogP contribution >= 0.6 is 0 Å². The van der Waals surface area contributed by atoms with Crippen molar-refractivity contribution in [3.05, 3.63) is 17.5 Å². The summed E-state index contributed by atoms with van der Waals surface area (Å²) in [4.78, 5) is 11.3. The first-order valence-electron chi connectivity index (χ1n) is 5.91. The smallest absolute Gasteiger partial charge is 0.177 e. The molecule has 0 saturated carbocycles. The maximum absolute atomic E-state index is 11.3. The van der Waals surface area contributed by atoms with Crippen molar-refractivity contribution in [1.82, 2.24) is 15.1 Å². The summed E-state index contributed by atoms with van der Waals surface area (Å²) in [6.45, 7) is 3.81. The molecule has 2 rings (SSSR count). The first kappa shape index (κ1) is 11.3. The molecule has 1 aromatic heterocycles. The summed E-state index contributed by atoms with van der Waals surface area (Å²) >= 11 is 0. The summed E-state index contributed by atoms with van der Waals surface area (Å²) in [5, 5.41) is 7.76. The Balaban J connectivity index is 2.03. The summed E-state index contributed by atoms with van der Waals surface area (Å²) in [6, 6.07) is 1.93. The van der Waals surface area contributed by atoms with Gasteiger partial charge in [-0.25, -0.2) is 0 Å². The van der Waals surface area contributed by atoms with E-state index in [4.69, 9.17) is 0 Å². The topological polar surface area (TPSA) is 46.9 Å². The fourth-order valence-corrected chi connectivity index (χ4v) is 2.34. The maximum atomic E-state index is 11.3. The van der Waals surface area contributed by atoms with Crippen molar-refractivity contribution in [2.75, 3.05) is 13.1 Å². The summed E-state index contributed by atoms with van der Waals surface area (Å²) in [5.41, 5.74) is 1.77. The Kier molecular flexibility index (Phi) is 3.39. The standard InChI is InChI=1S/C12H19N3O/c1-9(16)12-8-11(14-15(12)2)7-10-3-5-13-6-4-10/h8,10,13H,3-7H2,1-2H3. The fraction of sp³-hybridized carbons (Fsp3) is 0.667. The highest BCUT2D eigenvalue weighted by Crippen LogP contribution is 2.17. The lowest BCUT2D eigenvalue weighted by Crippen LogP contribution is -2.28. The minimum atomic E-state index is 0.0894. The number of carbonyl (C=O) groups excluding carboxylic acids is 1. The minimum Gasteiger partial charge on any atom is -0.317 e. The van der Waals surface area contributed by atoms with Crippen LogP contribution in [0.3, 0.4) is 0 Å². The Morgan fingerprint density at radius 3 is 2.81 bits per heavy atom. The van der Waals surface area contributed by atoms with Gasteiger partial charge in [0.2, 0.25) is 0 Å². The average molecular weight is 221 g/mol. The van der Waals surface area contributed by atoms with Crippen LogP contribution in [-0.4, -0.2) is 28.7 Å². The molecular weight excluding hydrogens is 202 g/mol. The second kappa shape index (κ2) is 4.78. The molecule has 0 amide bonds. The van der Waals surface area contributed by atoms with Crippen molar-refractivity contribution in [1.29, 1.82) is 0 Å². The Morgan fingerprint density at radius 2 is 2.25 bits per heavy atom. The SMILES string of the molecule is CC(=O)c1cc(CC2CCNCC2)nn1C. The van der Waals surface area contributed by atoms with Crippen molar-refractivity contribution in [2.24, 2.45) is 13.0 Å². The third kappa shape index (κ3) is 2.50. The molecule has 1 aliphatic heterocycles. The van der Waals surface area contributed by atoms with E-state index in [9.17, 15) is 4.79 Å². The molecule has 16 heavy (non-hydrogen) atoms. The number of rotatable bonds is 3. The van der Waals surface area contributed by atoms with Gasteiger partial charge in [0.1, 0.15) is 5.69 Å². The Morgan fingerprint density at radius 1 is 1.56 bits per heavy atom. The summed E-state index contributed by atoms with van der Waals surface area (Å²) in [5.74, 6) is 0.808. The second-order valence-electron chi connectivity index (χ2n) is 4.60. The van der Waals surface area contributed by atoms with E-state index in [0.717, 1.165) is 31.1 Å². The lowest BCUT2D eigenvalue weighted by Gasteiger charge is -2.21. The van der Waals surface area contributed by atoms with Crippen molar-refractivity contribution < 1.29 is 4.79 Å². The Hall–Kier alpha value is -1.16. The van der Waals surface area contributed by atoms with Gasteiger partial charge in [0, 0.05) is 14.0 Å². The van der Waals surface area contributed by atoms with E-state index in [-0.39, 0.29) is 5.78 Å². The third-order valence-corrected chi connectivity index (χ3v) is 3.25. The Labute approximate surface area is 96.0 Å². The number of nitrogens with one attached hydrogen (secondary N) is 1. The van der Waals surface area contributed by atoms with E-state index in [1.807, 2.05) is 13.1 Å². The van der Waals surface area contributed by atoms with Gasteiger partial charge in [0.25, 0.3) is 0 Å². The number of aryl methyl sites for hydroxylation is 1. The van der Waals surface area contributed by atoms with Crippen LogP contribution in [0.1, 0.15) is 35.9 Å². The second-order valence-corrected chi connectivity index (χ2v) is 4.60. The van der Waals surface area contributed by atoms with Gasteiger partial charge < -0.3 is 5.32 Å². The van der Waals surface area contributed by atoms with Crippen LogP contribution in [0.4, 0.5) is 0 Å². The van der Waals surface area contributed by atoms with E-state index in [1.54, 1.807) is 11.6 Å². The van der Waals surface area contributed by atoms with Gasteiger partial charge in [-0.05, 0) is 44.3 Å². The monoisotopic (exact) mass is 221 g/mol. The zero-order valence-electron chi connectivity index (χ0n) is 9.99. The molecule has 0 spiro atoms. The highest BCUT2D eigenvalue weighted by Gasteiger charge is 2.16. The summed E-state index contributed by atoms with van der Waals surface area (Å²) in [7, 11) is 1.84. The Bertz CT molecular complexity index is 378. The van der Waals surface area contributed by atoms with Gasteiger partial charge in [-0.1, -0.05) is 0 Å². The molecule has 1 fully saturated rings. The van der Waals surface area contributed by atoms with Crippen LogP contribution < -0.4 is 5.32 Å². The molecule has 1 N–H and O–H groups in total. The third-order valence-electron chi connectivity index (χ3n) is 3.25. The minimum absolute atomic E-state index is 0.0894. The zero-order chi connectivity index (χ0) is 11.5. The highest BCUT2D eigenvalue weighted by atomic mass is 16.1. The van der Waals surface area contributed by atoms with Crippen molar-refractivity contribution in [3.8, 4) is 0 Å². The molecule has 4 nitrogen and oxygen atoms in total. The molecule has 0 radical (unpaired) electrons. The molecule has 0 aromatic carbocycles. The van der Waals surface area contributed by atoms with Gasteiger partial charge in [-0.15, -0.1) is 0 Å². The molecular formula is C12H19N3O. The molecule has 2 heterocycles. The van der Waals surface area contributed by atoms with Gasteiger partial charge in [-0.2, -0.15) is 5.10 Å². The molecule has 0 atom stereocenters. The van der Waals surface area contributed by atoms with Crippen LogP contribution in [0.25, 0.3) is 0 Å². The van der Waals surface area contributed by atoms with Crippen molar-refractivity contribution in [3.63, 3.8) is 0 Å². The molecule has 1 aromatic rings. The lowest BCUT2D eigenvalue weighted by molar-refractivity contribution is 0.100. The number of ketones is 1. The molecule has 1 saturated heterocycles. The number of piperidine rings is 1. The van der Waals surface area contributed by atoms with Gasteiger partial charge >= 0.3 is 0 Å². The fourth-order valence-electron chi connectivity index (χ4n) is 2.34. The van der Waals surface area contributed by atoms with E-state index < -0.39 is 0 Å². The predicted octanol–water partition coefficient (Wildman–Crippen LogP) is 1.16. The van der Waals surface area contributed by atoms with Gasteiger partial charge in [-0.3, -0.25) is 9.48 Å². The van der Waals surface area contributed by atoms with E-state index in [1.165, 1.54) is 12.8 Å². The number of nitrogens with zero attached hydrogens (tertiary/aromatic N) is 2. The quantitative estimate of drug-likeness (QED) is 0.779. The zero-order valence-corrected chi connectivity index (χ0v) is 9.99. The largest absolute Gasteiger partial charge is 0.317 e. The van der Waals surface area contributed by atoms with Crippen LogP contribution in [0.5, 0.6) is 0 Å². The summed E-state index contributed by atoms with van der Waals surface area (Å²) in [6.07, 6.45) is 3.43. The van der Waals surface area contributed by atoms with Crippen LogP contribution in [0.2, 0.25) is 0 Å². The number of hydrogen-bond acceptors (Lipinski definition) is 3. The van der Waals surface area contributed by atoms with E-state index >= 15 is 0 Å². The predicted molar refractivity (Wildman–Crippen MR) is 62.5 cm³/mol. The number of Topliss-reactive ketones (excluding diaryl/α,β-unsaturated/α-hetero) is 1. The molecule has 0 aliphatic carbocycles. The lowest BCUT2D eigenvalue weighted by atomic mass is 9.93. The van der Waals surface area contributed by atoms with E-state index in [2.05, 4.69) is 10.4 Å². The normalized spacial score (nSPS) is 17.6. The molecule has 88 valence electrons. The first-order chi connectivity index (χ1) is 7.66. The maximum Gasteiger partial charge on any atom is 0.177 e. The number of aromatic nitrogens is 2. The van der Waals surface area contributed by atoms with Crippen LogP contribution in [0, 0.1) is 5.92 Å². The van der Waals surface area contributed by atoms with Crippen molar-refractivity contribution in [2.45, 2.75) is 26.2 Å². The average Bonchev–Trinajstić information content (AvgIpc) is 2.61. The number of hydrogen-bond donors (Lipinski definition) is 1. The molecule has 1 aliphatic rings. The van der Waals surface area contributed by atoms with Crippen molar-refractivity contribution >= 4 is 5.78 Å². The first-order valence-corrected chi connectivity index (χ1v) is 5.91. The molecule has 4 heteroatoms. The van der Waals surface area contributed by atoms with Crippen LogP contribution in [-0.2, 0) is 13.5 Å². The number of carbonyl (C=O) groups is 1.